The van der Waals surface area contributed by atoms with Crippen molar-refractivity contribution in [1.82, 2.24) is 0 Å². The summed E-state index contributed by atoms with van der Waals surface area (Å²) < 4.78 is 0. The van der Waals surface area contributed by atoms with Gasteiger partial charge in [0.1, 0.15) is 0 Å². The van der Waals surface area contributed by atoms with Gasteiger partial charge < -0.3 is 0 Å². The molecule has 0 spiro atoms. The quantitative estimate of drug-likeness (QED) is 0.158. The van der Waals surface area contributed by atoms with E-state index in [4.69, 9.17) is 0 Å². The second-order valence-electron chi connectivity index (χ2n) is 15.9. The molecule has 13 aromatic rings. The van der Waals surface area contributed by atoms with Crippen LogP contribution in [0.3, 0.4) is 0 Å². The first-order valence-electron chi connectivity index (χ1n) is 20.3. The number of hydrogen-bond acceptors (Lipinski definition) is 0. The predicted octanol–water partition coefficient (Wildman–Crippen LogP) is 16.5. The Bertz CT molecular complexity index is 3750. The fourth-order valence-corrected chi connectivity index (χ4v) is 10.6. The molecule has 0 saturated carbocycles. The van der Waals surface area contributed by atoms with E-state index >= 15 is 0 Å². The van der Waals surface area contributed by atoms with Crippen molar-refractivity contribution in [3.63, 3.8) is 0 Å². The monoisotopic (exact) mass is 730 g/mol. The van der Waals surface area contributed by atoms with Crippen LogP contribution in [0.15, 0.2) is 206 Å². The number of fused-ring (bicyclic) bond motifs is 10. The molecular weight excluding hydrogens is 697 g/mol. The molecule has 58 heavy (non-hydrogen) atoms. The van der Waals surface area contributed by atoms with Gasteiger partial charge in [-0.15, -0.1) is 0 Å². The molecule has 0 aromatic heterocycles. The Morgan fingerprint density at radius 1 is 0.190 bits per heavy atom. The first-order valence-corrected chi connectivity index (χ1v) is 20.3. The maximum atomic E-state index is 2.53. The van der Waals surface area contributed by atoms with Gasteiger partial charge in [-0.1, -0.05) is 188 Å². The van der Waals surface area contributed by atoms with Gasteiger partial charge in [0.2, 0.25) is 0 Å². The first-order chi connectivity index (χ1) is 28.8. The van der Waals surface area contributed by atoms with Gasteiger partial charge in [-0.05, 0) is 149 Å². The molecule has 0 aliphatic rings. The van der Waals surface area contributed by atoms with Gasteiger partial charge in [0.15, 0.2) is 0 Å². The summed E-state index contributed by atoms with van der Waals surface area (Å²) in [6.45, 7) is 0. The Hall–Kier alpha value is -7.54. The van der Waals surface area contributed by atoms with Gasteiger partial charge >= 0.3 is 0 Å². The fraction of sp³-hybridized carbons (Fsp3) is 0. The van der Waals surface area contributed by atoms with E-state index in [1.165, 1.54) is 131 Å². The molecule has 0 heterocycles. The summed E-state index contributed by atoms with van der Waals surface area (Å²) in [7, 11) is 0. The Kier molecular flexibility index (Phi) is 6.54. The lowest BCUT2D eigenvalue weighted by molar-refractivity contribution is 1.60. The van der Waals surface area contributed by atoms with Crippen LogP contribution in [0, 0.1) is 0 Å². The van der Waals surface area contributed by atoms with Crippen molar-refractivity contribution in [3.05, 3.63) is 206 Å². The van der Waals surface area contributed by atoms with Gasteiger partial charge in [-0.2, -0.15) is 0 Å². The summed E-state index contributed by atoms with van der Waals surface area (Å²) in [4.78, 5) is 0. The summed E-state index contributed by atoms with van der Waals surface area (Å²) in [5.74, 6) is 0. The SMILES string of the molecule is c1ccc(-c2ccccc2-c2ccc3cc4c5c(-c6ccccc6)c6c(cc7c8ccccc8c8cccc6c87)c(-c6ccccc6)c5c5cccc(c3c2)c54)cc1. The Balaban J connectivity index is 1.24. The average molecular weight is 731 g/mol. The maximum Gasteiger partial charge on any atom is -0.000697 e. The van der Waals surface area contributed by atoms with Gasteiger partial charge in [0.25, 0.3) is 0 Å². The summed E-state index contributed by atoms with van der Waals surface area (Å²) in [5, 5.41) is 21.0. The van der Waals surface area contributed by atoms with E-state index in [1.54, 1.807) is 0 Å². The van der Waals surface area contributed by atoms with Gasteiger partial charge in [-0.25, -0.2) is 0 Å². The van der Waals surface area contributed by atoms with E-state index in [9.17, 15) is 0 Å². The molecule has 266 valence electrons. The molecule has 0 fully saturated rings. The van der Waals surface area contributed by atoms with Crippen molar-refractivity contribution in [2.75, 3.05) is 0 Å². The molecule has 0 saturated heterocycles. The highest BCUT2D eigenvalue weighted by Gasteiger charge is 2.27. The Morgan fingerprint density at radius 2 is 0.672 bits per heavy atom. The fourth-order valence-electron chi connectivity index (χ4n) is 10.6. The Morgan fingerprint density at radius 3 is 1.36 bits per heavy atom. The molecule has 0 atom stereocenters. The molecule has 13 rings (SSSR count). The lowest BCUT2D eigenvalue weighted by atomic mass is 9.84. The van der Waals surface area contributed by atoms with Gasteiger partial charge in [-0.3, -0.25) is 0 Å². The normalized spacial score (nSPS) is 12.1. The minimum absolute atomic E-state index is 1.23. The van der Waals surface area contributed by atoms with Crippen LogP contribution in [-0.2, 0) is 0 Å². The summed E-state index contributed by atoms with van der Waals surface area (Å²) in [6.07, 6.45) is 0. The molecule has 0 radical (unpaired) electrons. The molecule has 0 N–H and O–H groups in total. The molecular formula is C58H34. The molecule has 0 nitrogen and oxygen atoms in total. The van der Waals surface area contributed by atoms with E-state index in [-0.39, 0.29) is 0 Å². The largest absolute Gasteiger partial charge is 0.0622 e. The van der Waals surface area contributed by atoms with Crippen LogP contribution in [0.5, 0.6) is 0 Å². The number of benzene rings is 11. The average Bonchev–Trinajstić information content (AvgIpc) is 3.80. The smallest absolute Gasteiger partial charge is 0.000697 e. The van der Waals surface area contributed by atoms with E-state index < -0.39 is 0 Å². The minimum atomic E-state index is 1.23. The van der Waals surface area contributed by atoms with Crippen molar-refractivity contribution >= 4 is 86.2 Å². The highest BCUT2D eigenvalue weighted by atomic mass is 14.3. The van der Waals surface area contributed by atoms with Crippen LogP contribution < -0.4 is 0 Å². The van der Waals surface area contributed by atoms with E-state index in [0.717, 1.165) is 0 Å². The lowest BCUT2D eigenvalue weighted by Gasteiger charge is -2.19. The molecule has 0 heteroatoms. The topological polar surface area (TPSA) is 0 Å². The van der Waals surface area contributed by atoms with Crippen LogP contribution in [0.4, 0.5) is 0 Å². The van der Waals surface area contributed by atoms with Gasteiger partial charge in [0.05, 0.1) is 0 Å². The second kappa shape index (κ2) is 12.0. The van der Waals surface area contributed by atoms with Crippen molar-refractivity contribution in [2.24, 2.45) is 0 Å². The van der Waals surface area contributed by atoms with Crippen LogP contribution in [0.1, 0.15) is 0 Å². The molecule has 0 aliphatic carbocycles. The summed E-state index contributed by atoms with van der Waals surface area (Å²) in [6, 6.07) is 76.9. The number of hydrogen-bond donors (Lipinski definition) is 0. The van der Waals surface area contributed by atoms with Crippen LogP contribution in [-0.4, -0.2) is 0 Å². The lowest BCUT2D eigenvalue weighted by Crippen LogP contribution is -1.91. The van der Waals surface area contributed by atoms with Crippen LogP contribution in [0.2, 0.25) is 0 Å². The highest BCUT2D eigenvalue weighted by molar-refractivity contribution is 6.46. The van der Waals surface area contributed by atoms with Gasteiger partial charge in [0, 0.05) is 0 Å². The standard InChI is InChI=1S/C58H34/c1-4-16-35(17-5-1)40-22-10-11-23-41(40)38-30-31-39-33-50-55-45(48(39)32-38)27-15-29-47(55)57-52(36-18-6-2-7-19-36)51-34-49-43-25-13-12-24-42(43)44-26-14-28-46(54(44)49)56(51)53(58(50)57)37-20-8-3-9-21-37/h1-34H. The first kappa shape index (κ1) is 31.6. The molecule has 0 amide bonds. The number of rotatable bonds is 4. The zero-order valence-corrected chi connectivity index (χ0v) is 31.6. The van der Waals surface area contributed by atoms with Crippen molar-refractivity contribution in [2.45, 2.75) is 0 Å². The third-order valence-corrected chi connectivity index (χ3v) is 12.9. The van der Waals surface area contributed by atoms with Crippen molar-refractivity contribution in [3.8, 4) is 44.5 Å². The second-order valence-corrected chi connectivity index (χ2v) is 15.9. The zero-order valence-electron chi connectivity index (χ0n) is 31.6. The molecule has 13 aromatic carbocycles. The predicted molar refractivity (Wildman–Crippen MR) is 251 cm³/mol. The van der Waals surface area contributed by atoms with Crippen molar-refractivity contribution < 1.29 is 0 Å². The Labute approximate surface area is 335 Å². The highest BCUT2D eigenvalue weighted by Crippen LogP contribution is 2.55. The van der Waals surface area contributed by atoms with E-state index in [2.05, 4.69) is 206 Å². The van der Waals surface area contributed by atoms with Crippen LogP contribution in [0.25, 0.3) is 131 Å². The summed E-state index contributed by atoms with van der Waals surface area (Å²) >= 11 is 0. The third-order valence-electron chi connectivity index (χ3n) is 12.9. The zero-order chi connectivity index (χ0) is 37.9. The van der Waals surface area contributed by atoms with E-state index in [0.29, 0.717) is 0 Å². The maximum absolute atomic E-state index is 2.53. The van der Waals surface area contributed by atoms with Crippen molar-refractivity contribution in [1.29, 1.82) is 0 Å². The molecule has 0 bridgehead atoms. The van der Waals surface area contributed by atoms with E-state index in [1.807, 2.05) is 0 Å². The summed E-state index contributed by atoms with van der Waals surface area (Å²) in [5.41, 5.74) is 10.1. The van der Waals surface area contributed by atoms with Crippen LogP contribution >= 0.6 is 0 Å². The molecule has 0 unspecified atom stereocenters. The third kappa shape index (κ3) is 4.29. The molecule has 0 aliphatic heterocycles. The minimum Gasteiger partial charge on any atom is -0.0622 e.